The standard InChI is InChI=1S/C11H16N2O2/c1-7-3-4-9(5-10(7)12)11(15)13-6-8(2)14/h3-5,8,14H,6,12H2,1-2H3,(H,13,15)/t8-/m1/s1. The molecule has 0 saturated heterocycles. The molecule has 1 aromatic rings. The second-order valence-corrected chi connectivity index (χ2v) is 3.63. The minimum absolute atomic E-state index is 0.220. The summed E-state index contributed by atoms with van der Waals surface area (Å²) in [5, 5.41) is 11.6. The van der Waals surface area contributed by atoms with E-state index >= 15 is 0 Å². The lowest BCUT2D eigenvalue weighted by Crippen LogP contribution is -2.30. The van der Waals surface area contributed by atoms with Crippen LogP contribution in [-0.4, -0.2) is 23.7 Å². The summed E-state index contributed by atoms with van der Waals surface area (Å²) in [6.45, 7) is 3.74. The normalized spacial score (nSPS) is 12.2. The van der Waals surface area contributed by atoms with E-state index in [1.165, 1.54) is 0 Å². The lowest BCUT2D eigenvalue weighted by Gasteiger charge is -2.08. The molecule has 4 nitrogen and oxygen atoms in total. The first-order valence-electron chi connectivity index (χ1n) is 4.83. The maximum absolute atomic E-state index is 11.5. The zero-order chi connectivity index (χ0) is 11.4. The summed E-state index contributed by atoms with van der Waals surface area (Å²) in [4.78, 5) is 11.5. The van der Waals surface area contributed by atoms with Gasteiger partial charge in [-0.1, -0.05) is 6.07 Å². The van der Waals surface area contributed by atoms with E-state index in [0.29, 0.717) is 11.3 Å². The van der Waals surface area contributed by atoms with E-state index in [2.05, 4.69) is 5.32 Å². The van der Waals surface area contributed by atoms with E-state index < -0.39 is 6.10 Å². The molecule has 82 valence electrons. The van der Waals surface area contributed by atoms with Crippen molar-refractivity contribution in [3.8, 4) is 0 Å². The maximum atomic E-state index is 11.5. The molecule has 1 aromatic carbocycles. The van der Waals surface area contributed by atoms with Crippen LogP contribution in [0.15, 0.2) is 18.2 Å². The average molecular weight is 208 g/mol. The Morgan fingerprint density at radius 2 is 2.27 bits per heavy atom. The van der Waals surface area contributed by atoms with E-state index in [1.807, 2.05) is 6.92 Å². The second-order valence-electron chi connectivity index (χ2n) is 3.63. The predicted molar refractivity (Wildman–Crippen MR) is 59.6 cm³/mol. The first kappa shape index (κ1) is 11.5. The Bertz CT molecular complexity index is 362. The minimum atomic E-state index is -0.545. The SMILES string of the molecule is Cc1ccc(C(=O)NC[C@@H](C)O)cc1N. The van der Waals surface area contributed by atoms with Gasteiger partial charge in [-0.05, 0) is 31.5 Å². The third-order valence-electron chi connectivity index (χ3n) is 2.10. The number of amides is 1. The van der Waals surface area contributed by atoms with Crippen LogP contribution in [0.5, 0.6) is 0 Å². The number of carbonyl (C=O) groups is 1. The Hall–Kier alpha value is -1.55. The molecule has 0 aliphatic heterocycles. The Kier molecular flexibility index (Phi) is 3.68. The molecule has 1 atom stereocenters. The molecule has 0 spiro atoms. The van der Waals surface area contributed by atoms with Crippen molar-refractivity contribution in [2.24, 2.45) is 0 Å². The number of nitrogen functional groups attached to an aromatic ring is 1. The van der Waals surface area contributed by atoms with Gasteiger partial charge in [0.1, 0.15) is 0 Å². The van der Waals surface area contributed by atoms with Gasteiger partial charge in [0.25, 0.3) is 5.91 Å². The number of aliphatic hydroxyl groups excluding tert-OH is 1. The summed E-state index contributed by atoms with van der Waals surface area (Å²) in [5.41, 5.74) is 7.74. The van der Waals surface area contributed by atoms with Crippen molar-refractivity contribution in [2.45, 2.75) is 20.0 Å². The molecule has 0 aliphatic carbocycles. The quantitative estimate of drug-likeness (QED) is 0.640. The first-order valence-corrected chi connectivity index (χ1v) is 4.83. The molecule has 0 radical (unpaired) electrons. The topological polar surface area (TPSA) is 75.3 Å². The summed E-state index contributed by atoms with van der Waals surface area (Å²) in [7, 11) is 0. The van der Waals surface area contributed by atoms with Crippen molar-refractivity contribution in [1.29, 1.82) is 0 Å². The largest absolute Gasteiger partial charge is 0.398 e. The van der Waals surface area contributed by atoms with Gasteiger partial charge in [-0.15, -0.1) is 0 Å². The fourth-order valence-electron chi connectivity index (χ4n) is 1.12. The number of anilines is 1. The third-order valence-corrected chi connectivity index (χ3v) is 2.10. The molecule has 0 unspecified atom stereocenters. The number of hydrogen-bond donors (Lipinski definition) is 3. The number of nitrogens with one attached hydrogen (secondary N) is 1. The van der Waals surface area contributed by atoms with Gasteiger partial charge in [0.05, 0.1) is 6.10 Å². The molecule has 1 amide bonds. The summed E-state index contributed by atoms with van der Waals surface area (Å²) in [6, 6.07) is 5.14. The van der Waals surface area contributed by atoms with Crippen molar-refractivity contribution < 1.29 is 9.90 Å². The van der Waals surface area contributed by atoms with Crippen LogP contribution in [0.3, 0.4) is 0 Å². The van der Waals surface area contributed by atoms with Crippen molar-refractivity contribution in [2.75, 3.05) is 12.3 Å². The fourth-order valence-corrected chi connectivity index (χ4v) is 1.12. The summed E-state index contributed by atoms with van der Waals surface area (Å²) >= 11 is 0. The molecule has 0 fully saturated rings. The number of aliphatic hydroxyl groups is 1. The molecule has 15 heavy (non-hydrogen) atoms. The summed E-state index contributed by atoms with van der Waals surface area (Å²) in [5.74, 6) is -0.220. The van der Waals surface area contributed by atoms with Crippen LogP contribution in [0.1, 0.15) is 22.8 Å². The number of aryl methyl sites for hydroxylation is 1. The zero-order valence-electron chi connectivity index (χ0n) is 8.95. The van der Waals surface area contributed by atoms with Gasteiger partial charge < -0.3 is 16.2 Å². The number of carbonyl (C=O) groups excluding carboxylic acids is 1. The highest BCUT2D eigenvalue weighted by Gasteiger charge is 2.07. The molecule has 0 aliphatic rings. The van der Waals surface area contributed by atoms with Crippen molar-refractivity contribution in [3.63, 3.8) is 0 Å². The molecule has 0 heterocycles. The molecule has 0 aromatic heterocycles. The first-order chi connectivity index (χ1) is 7.00. The van der Waals surface area contributed by atoms with E-state index in [-0.39, 0.29) is 12.5 Å². The van der Waals surface area contributed by atoms with Gasteiger partial charge in [0.15, 0.2) is 0 Å². The summed E-state index contributed by atoms with van der Waals surface area (Å²) in [6.07, 6.45) is -0.545. The fraction of sp³-hybridized carbons (Fsp3) is 0.364. The molecular formula is C11H16N2O2. The molecular weight excluding hydrogens is 192 g/mol. The van der Waals surface area contributed by atoms with Crippen molar-refractivity contribution >= 4 is 11.6 Å². The number of rotatable bonds is 3. The van der Waals surface area contributed by atoms with E-state index in [0.717, 1.165) is 5.56 Å². The van der Waals surface area contributed by atoms with Gasteiger partial charge in [-0.2, -0.15) is 0 Å². The average Bonchev–Trinajstić information content (AvgIpc) is 2.18. The second kappa shape index (κ2) is 4.79. The monoisotopic (exact) mass is 208 g/mol. The van der Waals surface area contributed by atoms with Crippen LogP contribution in [0.4, 0.5) is 5.69 Å². The van der Waals surface area contributed by atoms with Gasteiger partial charge in [0.2, 0.25) is 0 Å². The van der Waals surface area contributed by atoms with Crippen LogP contribution in [-0.2, 0) is 0 Å². The predicted octanol–water partition coefficient (Wildman–Crippen LogP) is 0.688. The molecule has 4 N–H and O–H groups in total. The Balaban J connectivity index is 2.70. The maximum Gasteiger partial charge on any atom is 0.251 e. The van der Waals surface area contributed by atoms with Crippen LogP contribution in [0, 0.1) is 6.92 Å². The number of nitrogens with two attached hydrogens (primary N) is 1. The summed E-state index contributed by atoms with van der Waals surface area (Å²) < 4.78 is 0. The Labute approximate surface area is 89.1 Å². The molecule has 1 rings (SSSR count). The molecule has 0 bridgehead atoms. The van der Waals surface area contributed by atoms with Crippen molar-refractivity contribution in [1.82, 2.24) is 5.32 Å². The number of benzene rings is 1. The highest BCUT2D eigenvalue weighted by Crippen LogP contribution is 2.12. The van der Waals surface area contributed by atoms with Crippen molar-refractivity contribution in [3.05, 3.63) is 29.3 Å². The van der Waals surface area contributed by atoms with Gasteiger partial charge in [-0.3, -0.25) is 4.79 Å². The lowest BCUT2D eigenvalue weighted by atomic mass is 10.1. The Morgan fingerprint density at radius 3 is 2.80 bits per heavy atom. The van der Waals surface area contributed by atoms with E-state index in [1.54, 1.807) is 25.1 Å². The highest BCUT2D eigenvalue weighted by molar-refractivity contribution is 5.95. The van der Waals surface area contributed by atoms with Gasteiger partial charge >= 0.3 is 0 Å². The van der Waals surface area contributed by atoms with Crippen LogP contribution in [0.25, 0.3) is 0 Å². The molecule has 0 saturated carbocycles. The molecule has 4 heteroatoms. The van der Waals surface area contributed by atoms with Gasteiger partial charge in [-0.25, -0.2) is 0 Å². The van der Waals surface area contributed by atoms with E-state index in [4.69, 9.17) is 10.8 Å². The zero-order valence-corrected chi connectivity index (χ0v) is 8.95. The third kappa shape index (κ3) is 3.25. The van der Waals surface area contributed by atoms with E-state index in [9.17, 15) is 4.79 Å². The number of hydrogen-bond acceptors (Lipinski definition) is 3. The van der Waals surface area contributed by atoms with Gasteiger partial charge in [0, 0.05) is 17.8 Å². The smallest absolute Gasteiger partial charge is 0.251 e. The lowest BCUT2D eigenvalue weighted by molar-refractivity contribution is 0.0924. The van der Waals surface area contributed by atoms with Crippen LogP contribution < -0.4 is 11.1 Å². The highest BCUT2D eigenvalue weighted by atomic mass is 16.3. The minimum Gasteiger partial charge on any atom is -0.398 e. The Morgan fingerprint density at radius 1 is 1.60 bits per heavy atom. The van der Waals surface area contributed by atoms with Crippen LogP contribution in [0.2, 0.25) is 0 Å². The van der Waals surface area contributed by atoms with Crippen LogP contribution >= 0.6 is 0 Å².